The first kappa shape index (κ1) is 18.6. The van der Waals surface area contributed by atoms with E-state index in [2.05, 4.69) is 47.2 Å². The molecule has 2 unspecified atom stereocenters. The van der Waals surface area contributed by atoms with Gasteiger partial charge in [-0.3, -0.25) is 9.79 Å². The summed E-state index contributed by atoms with van der Waals surface area (Å²) in [5.41, 5.74) is 4.51. The molecule has 5 nitrogen and oxygen atoms in total. The van der Waals surface area contributed by atoms with Crippen LogP contribution in [0.5, 0.6) is 0 Å². The van der Waals surface area contributed by atoms with E-state index in [9.17, 15) is 9.18 Å². The van der Waals surface area contributed by atoms with Crippen LogP contribution in [-0.4, -0.2) is 50.2 Å². The fourth-order valence-corrected chi connectivity index (χ4v) is 4.03. The molecule has 1 fully saturated rings. The van der Waals surface area contributed by atoms with Crippen molar-refractivity contribution in [2.24, 2.45) is 4.99 Å². The summed E-state index contributed by atoms with van der Waals surface area (Å²) in [4.78, 5) is 21.4. The summed E-state index contributed by atoms with van der Waals surface area (Å²) in [6.45, 7) is 4.19. The Bertz CT molecular complexity index is 940. The van der Waals surface area contributed by atoms with E-state index in [1.54, 1.807) is 12.3 Å². The van der Waals surface area contributed by atoms with Crippen LogP contribution in [0.2, 0.25) is 0 Å². The third kappa shape index (κ3) is 3.52. The zero-order valence-corrected chi connectivity index (χ0v) is 16.4. The van der Waals surface area contributed by atoms with Gasteiger partial charge in [-0.05, 0) is 68.9 Å². The predicted molar refractivity (Wildman–Crippen MR) is 111 cm³/mol. The third-order valence-corrected chi connectivity index (χ3v) is 5.68. The molecule has 4 rings (SSSR count). The lowest BCUT2D eigenvalue weighted by molar-refractivity contribution is -0.115. The van der Waals surface area contributed by atoms with Crippen molar-refractivity contribution in [3.63, 3.8) is 0 Å². The van der Waals surface area contributed by atoms with Gasteiger partial charge in [-0.25, -0.2) is 4.39 Å². The molecule has 1 N–H and O–H groups in total. The molecule has 146 valence electrons. The van der Waals surface area contributed by atoms with Crippen LogP contribution in [0.15, 0.2) is 41.4 Å². The second kappa shape index (κ2) is 7.36. The van der Waals surface area contributed by atoms with Gasteiger partial charge < -0.3 is 15.1 Å². The van der Waals surface area contributed by atoms with Crippen LogP contribution in [0.3, 0.4) is 0 Å². The monoisotopic (exact) mass is 380 g/mol. The minimum absolute atomic E-state index is 0.176. The van der Waals surface area contributed by atoms with Crippen molar-refractivity contribution in [2.75, 3.05) is 37.4 Å². The van der Waals surface area contributed by atoms with Crippen molar-refractivity contribution in [2.45, 2.75) is 25.3 Å². The van der Waals surface area contributed by atoms with Crippen LogP contribution in [-0.2, 0) is 4.79 Å². The maximum atomic E-state index is 13.4. The number of carbonyl (C=O) groups excluding carboxylic acids is 1. The standard InChI is InChI=1S/C22H25FN4O/c1-14-10-16(5-7-21(14)27-9-8-17(13-27)26(2)3)24-12-19-18-6-4-15(23)11-20(18)25-22(19)28/h4-7,10-12,17,19H,8-9,13H2,1-3H3,(H,25,28). The molecule has 2 aliphatic heterocycles. The first-order chi connectivity index (χ1) is 13.4. The molecule has 2 atom stereocenters. The van der Waals surface area contributed by atoms with Crippen molar-refractivity contribution >= 4 is 29.2 Å². The van der Waals surface area contributed by atoms with E-state index >= 15 is 0 Å². The fourth-order valence-electron chi connectivity index (χ4n) is 4.03. The van der Waals surface area contributed by atoms with Gasteiger partial charge in [0.2, 0.25) is 5.91 Å². The number of hydrogen-bond donors (Lipinski definition) is 1. The molecule has 2 aliphatic rings. The van der Waals surface area contributed by atoms with Gasteiger partial charge in [0, 0.05) is 36.7 Å². The van der Waals surface area contributed by atoms with Crippen LogP contribution in [0, 0.1) is 12.7 Å². The van der Waals surface area contributed by atoms with Gasteiger partial charge in [-0.2, -0.15) is 0 Å². The summed E-state index contributed by atoms with van der Waals surface area (Å²) in [6.07, 6.45) is 2.81. The van der Waals surface area contributed by atoms with E-state index in [1.807, 2.05) is 12.1 Å². The number of hydrogen-bond acceptors (Lipinski definition) is 4. The lowest BCUT2D eigenvalue weighted by atomic mass is 10.0. The molecule has 28 heavy (non-hydrogen) atoms. The molecule has 1 amide bonds. The maximum Gasteiger partial charge on any atom is 0.237 e. The summed E-state index contributed by atoms with van der Waals surface area (Å²) in [7, 11) is 4.26. The molecule has 6 heteroatoms. The van der Waals surface area contributed by atoms with E-state index in [0.717, 1.165) is 24.3 Å². The number of likely N-dealkylation sites (N-methyl/N-ethyl adjacent to an activating group) is 1. The number of anilines is 2. The van der Waals surface area contributed by atoms with Crippen LogP contribution >= 0.6 is 0 Å². The molecule has 0 aliphatic carbocycles. The Labute approximate surface area is 164 Å². The quantitative estimate of drug-likeness (QED) is 0.823. The topological polar surface area (TPSA) is 47.9 Å². The first-order valence-electron chi connectivity index (χ1n) is 9.59. The van der Waals surface area contributed by atoms with Gasteiger partial charge >= 0.3 is 0 Å². The number of aliphatic imine (C=N–C) groups is 1. The normalized spacial score (nSPS) is 21.6. The molecule has 2 heterocycles. The highest BCUT2D eigenvalue weighted by Gasteiger charge is 2.29. The largest absolute Gasteiger partial charge is 0.370 e. The second-order valence-electron chi connectivity index (χ2n) is 7.80. The zero-order chi connectivity index (χ0) is 19.8. The lowest BCUT2D eigenvalue weighted by Crippen LogP contribution is -2.31. The SMILES string of the molecule is Cc1cc(N=CC2C(=O)Nc3cc(F)ccc32)ccc1N1CCC(N(C)C)C1. The number of rotatable bonds is 4. The molecule has 0 spiro atoms. The summed E-state index contributed by atoms with van der Waals surface area (Å²) >= 11 is 0. The van der Waals surface area contributed by atoms with Gasteiger partial charge in [0.05, 0.1) is 5.69 Å². The lowest BCUT2D eigenvalue weighted by Gasteiger charge is -2.23. The Morgan fingerprint density at radius 2 is 2.07 bits per heavy atom. The van der Waals surface area contributed by atoms with Crippen molar-refractivity contribution in [3.05, 3.63) is 53.3 Å². The average Bonchev–Trinajstić information content (AvgIpc) is 3.24. The van der Waals surface area contributed by atoms with E-state index in [4.69, 9.17) is 0 Å². The summed E-state index contributed by atoms with van der Waals surface area (Å²) in [5, 5.41) is 2.71. The predicted octanol–water partition coefficient (Wildman–Crippen LogP) is 3.71. The fraction of sp³-hybridized carbons (Fsp3) is 0.364. The van der Waals surface area contributed by atoms with Crippen molar-refractivity contribution < 1.29 is 9.18 Å². The number of nitrogens with one attached hydrogen (secondary N) is 1. The molecule has 2 aromatic rings. The number of amides is 1. The average molecular weight is 380 g/mol. The molecule has 2 aromatic carbocycles. The zero-order valence-electron chi connectivity index (χ0n) is 16.4. The molecule has 0 saturated carbocycles. The van der Waals surface area contributed by atoms with Gasteiger partial charge in [-0.1, -0.05) is 6.07 Å². The molecule has 0 radical (unpaired) electrons. The first-order valence-corrected chi connectivity index (χ1v) is 9.59. The van der Waals surface area contributed by atoms with Crippen molar-refractivity contribution in [3.8, 4) is 0 Å². The van der Waals surface area contributed by atoms with Gasteiger partial charge in [0.15, 0.2) is 0 Å². The highest BCUT2D eigenvalue weighted by Crippen LogP contribution is 2.33. The molecular weight excluding hydrogens is 355 g/mol. The Morgan fingerprint density at radius 3 is 2.79 bits per heavy atom. The Hall–Kier alpha value is -2.73. The summed E-state index contributed by atoms with van der Waals surface area (Å²) in [5.74, 6) is -1.03. The smallest absolute Gasteiger partial charge is 0.237 e. The van der Waals surface area contributed by atoms with Gasteiger partial charge in [0.1, 0.15) is 11.7 Å². The van der Waals surface area contributed by atoms with Crippen molar-refractivity contribution in [1.82, 2.24) is 4.90 Å². The highest BCUT2D eigenvalue weighted by atomic mass is 19.1. The minimum atomic E-state index is -0.491. The number of aryl methyl sites for hydroxylation is 1. The molecular formula is C22H25FN4O. The Morgan fingerprint density at radius 1 is 1.25 bits per heavy atom. The van der Waals surface area contributed by atoms with Crippen LogP contribution in [0.1, 0.15) is 23.5 Å². The van der Waals surface area contributed by atoms with Gasteiger partial charge in [0.25, 0.3) is 0 Å². The van der Waals surface area contributed by atoms with Crippen LogP contribution < -0.4 is 10.2 Å². The van der Waals surface area contributed by atoms with E-state index < -0.39 is 5.92 Å². The number of benzene rings is 2. The second-order valence-corrected chi connectivity index (χ2v) is 7.80. The minimum Gasteiger partial charge on any atom is -0.370 e. The molecule has 0 aromatic heterocycles. The van der Waals surface area contributed by atoms with E-state index in [1.165, 1.54) is 29.8 Å². The number of halogens is 1. The number of fused-ring (bicyclic) bond motifs is 1. The van der Waals surface area contributed by atoms with Crippen LogP contribution in [0.25, 0.3) is 0 Å². The molecule has 1 saturated heterocycles. The Kier molecular flexibility index (Phi) is 4.89. The summed E-state index contributed by atoms with van der Waals surface area (Å²) in [6, 6.07) is 11.1. The highest BCUT2D eigenvalue weighted by molar-refractivity contribution is 6.12. The summed E-state index contributed by atoms with van der Waals surface area (Å²) < 4.78 is 13.4. The van der Waals surface area contributed by atoms with Crippen LogP contribution in [0.4, 0.5) is 21.5 Å². The number of carbonyl (C=O) groups is 1. The molecule has 0 bridgehead atoms. The van der Waals surface area contributed by atoms with Crippen molar-refractivity contribution in [1.29, 1.82) is 0 Å². The van der Waals surface area contributed by atoms with Gasteiger partial charge in [-0.15, -0.1) is 0 Å². The Balaban J connectivity index is 1.51. The number of nitrogens with zero attached hydrogens (tertiary/aromatic N) is 3. The maximum absolute atomic E-state index is 13.4. The van der Waals surface area contributed by atoms with E-state index in [-0.39, 0.29) is 11.7 Å². The van der Waals surface area contributed by atoms with E-state index in [0.29, 0.717) is 11.7 Å². The third-order valence-electron chi connectivity index (χ3n) is 5.68.